The minimum Gasteiger partial charge on any atom is -0.394 e. The van der Waals surface area contributed by atoms with Crippen LogP contribution in [0.3, 0.4) is 0 Å². The van der Waals surface area contributed by atoms with E-state index >= 15 is 0 Å². The number of carbonyl (C=O) groups is 1. The lowest BCUT2D eigenvalue weighted by atomic mass is 9.46. The fraction of sp³-hybridized carbons (Fsp3) is 0.933. The molecule has 0 amide bonds. The fourth-order valence-electron chi connectivity index (χ4n) is 13.2. The maximum absolute atomic E-state index is 14.6. The summed E-state index contributed by atoms with van der Waals surface area (Å²) in [5.41, 5.74) is 0.263. The molecule has 6 unspecified atom stereocenters. The van der Waals surface area contributed by atoms with Crippen molar-refractivity contribution in [1.29, 1.82) is 0 Å². The lowest BCUT2D eigenvalue weighted by Gasteiger charge is -2.57. The van der Waals surface area contributed by atoms with Gasteiger partial charge in [-0.1, -0.05) is 39.3 Å². The number of carbonyl (C=O) groups excluding carboxylic acids is 1. The molecule has 4 heterocycles. The van der Waals surface area contributed by atoms with Gasteiger partial charge in [0.2, 0.25) is 0 Å². The molecule has 0 aromatic rings. The van der Waals surface area contributed by atoms with Gasteiger partial charge in [0.25, 0.3) is 0 Å². The van der Waals surface area contributed by atoms with E-state index in [1.54, 1.807) is 6.92 Å². The Hall–Kier alpha value is -1.31. The van der Waals surface area contributed by atoms with Gasteiger partial charge in [-0.25, -0.2) is 0 Å². The first-order valence-corrected chi connectivity index (χ1v) is 23.4. The van der Waals surface area contributed by atoms with Gasteiger partial charge in [0.1, 0.15) is 72.9 Å². The molecule has 0 bridgehead atoms. The second-order valence-electron chi connectivity index (χ2n) is 20.9. The number of fused-ring (bicyclic) bond motifs is 7. The molecule has 4 aliphatic carbocycles. The van der Waals surface area contributed by atoms with E-state index in [0.717, 1.165) is 12.8 Å². The molecule has 7 fully saturated rings. The summed E-state index contributed by atoms with van der Waals surface area (Å²) in [5, 5.41) is 115. The smallest absolute Gasteiger partial charge is 0.187 e. The van der Waals surface area contributed by atoms with Crippen molar-refractivity contribution in [2.75, 3.05) is 19.8 Å². The van der Waals surface area contributed by atoms with E-state index in [0.29, 0.717) is 38.5 Å². The van der Waals surface area contributed by atoms with Crippen molar-refractivity contribution in [3.05, 3.63) is 11.6 Å². The Morgan fingerprint density at radius 3 is 2.05 bits per heavy atom. The Labute approximate surface area is 373 Å². The quantitative estimate of drug-likeness (QED) is 0.0978. The Morgan fingerprint density at radius 2 is 1.39 bits per heavy atom. The van der Waals surface area contributed by atoms with Crippen LogP contribution in [0.5, 0.6) is 0 Å². The molecule has 4 saturated heterocycles. The highest BCUT2D eigenvalue weighted by Crippen LogP contribution is 2.69. The number of aliphatic hydroxyl groups is 11. The van der Waals surface area contributed by atoms with Crippen molar-refractivity contribution in [3.63, 3.8) is 0 Å². The first kappa shape index (κ1) is 49.1. The van der Waals surface area contributed by atoms with Gasteiger partial charge in [-0.3, -0.25) is 4.79 Å². The molecule has 26 atom stereocenters. The van der Waals surface area contributed by atoms with E-state index in [9.17, 15) is 61.0 Å². The summed E-state index contributed by atoms with van der Waals surface area (Å²) in [5.74, 6) is -1.44. The Balaban J connectivity index is 0.861. The molecule has 366 valence electrons. The molecule has 8 aliphatic rings. The monoisotopic (exact) mass is 916 g/mol. The third-order valence-electron chi connectivity index (χ3n) is 17.2. The predicted molar refractivity (Wildman–Crippen MR) is 218 cm³/mol. The van der Waals surface area contributed by atoms with Crippen LogP contribution in [0.1, 0.15) is 86.0 Å². The molecule has 3 saturated carbocycles. The van der Waals surface area contributed by atoms with Gasteiger partial charge in [0, 0.05) is 30.1 Å². The van der Waals surface area contributed by atoms with Crippen LogP contribution in [0.2, 0.25) is 0 Å². The van der Waals surface area contributed by atoms with Gasteiger partial charge in [-0.2, -0.15) is 0 Å². The summed E-state index contributed by atoms with van der Waals surface area (Å²) in [7, 11) is 0. The highest BCUT2D eigenvalue weighted by atomic mass is 16.7. The third kappa shape index (κ3) is 8.27. The van der Waals surface area contributed by atoms with Crippen molar-refractivity contribution >= 4 is 5.78 Å². The molecule has 0 aromatic carbocycles. The van der Waals surface area contributed by atoms with Crippen LogP contribution in [0.25, 0.3) is 0 Å². The highest BCUT2D eigenvalue weighted by molar-refractivity contribution is 5.87. The minimum atomic E-state index is -1.70. The van der Waals surface area contributed by atoms with Gasteiger partial charge in [0.15, 0.2) is 24.7 Å². The van der Waals surface area contributed by atoms with Crippen LogP contribution in [0, 0.1) is 46.3 Å². The molecular formula is C45H72O19. The number of ether oxygens (including phenoxy) is 7. The predicted octanol–water partition coefficient (Wildman–Crippen LogP) is -1.65. The molecule has 19 heteroatoms. The Morgan fingerprint density at radius 1 is 0.781 bits per heavy atom. The number of aliphatic hydroxyl groups excluding tert-OH is 10. The number of hydrogen-bond donors (Lipinski definition) is 11. The van der Waals surface area contributed by atoms with Gasteiger partial charge >= 0.3 is 0 Å². The maximum atomic E-state index is 14.6. The summed E-state index contributed by atoms with van der Waals surface area (Å²) < 4.78 is 41.4. The topological polar surface area (TPSA) is 304 Å². The van der Waals surface area contributed by atoms with Gasteiger partial charge in [-0.15, -0.1) is 0 Å². The summed E-state index contributed by atoms with van der Waals surface area (Å²) in [6.07, 6.45) is -14.6. The van der Waals surface area contributed by atoms with Crippen LogP contribution in [-0.4, -0.2) is 192 Å². The second kappa shape index (κ2) is 18.5. The van der Waals surface area contributed by atoms with E-state index in [1.165, 1.54) is 5.57 Å². The first-order chi connectivity index (χ1) is 30.2. The number of Topliss-reactive ketones (excluding diaryl/α,β-unsaturated/α-hetero) is 1. The van der Waals surface area contributed by atoms with E-state index in [4.69, 9.17) is 33.2 Å². The first-order valence-electron chi connectivity index (χ1n) is 23.4. The lowest BCUT2D eigenvalue weighted by molar-refractivity contribution is -0.359. The SMILES string of the molecule is C[C@H](CCC1(O)OC2CC3C4CC=C5C[C@@H](O[C@@H]6O[C@H](C)[C@H](O[C@@H]7O[C@H](CO)[C@@H](O)[C@H](O)[C@H]7O)[C@H](O)[C@H]6O)CC[C@]5(C)C4CC(=O)[C@]3(C)C2[C@@H]1C)CO[C@@H]1O[C@H](CO)[C@@H](O)[C@H](O)[C@H]1O. The molecule has 0 spiro atoms. The normalized spacial score (nSPS) is 54.4. The van der Waals surface area contributed by atoms with E-state index in [1.807, 2.05) is 13.8 Å². The second-order valence-corrected chi connectivity index (χ2v) is 20.9. The van der Waals surface area contributed by atoms with Crippen LogP contribution in [-0.2, 0) is 38.0 Å². The summed E-state index contributed by atoms with van der Waals surface area (Å²) in [6.45, 7) is 8.75. The maximum Gasteiger partial charge on any atom is 0.187 e. The molecule has 64 heavy (non-hydrogen) atoms. The van der Waals surface area contributed by atoms with Crippen LogP contribution in [0.4, 0.5) is 0 Å². The summed E-state index contributed by atoms with van der Waals surface area (Å²) in [6, 6.07) is 0. The fourth-order valence-corrected chi connectivity index (χ4v) is 13.2. The van der Waals surface area contributed by atoms with Crippen LogP contribution in [0.15, 0.2) is 11.6 Å². The molecule has 8 rings (SSSR count). The third-order valence-corrected chi connectivity index (χ3v) is 17.2. The molecule has 19 nitrogen and oxygen atoms in total. The number of rotatable bonds is 12. The van der Waals surface area contributed by atoms with Crippen molar-refractivity contribution < 1.29 is 94.1 Å². The number of hydrogen-bond acceptors (Lipinski definition) is 19. The highest BCUT2D eigenvalue weighted by Gasteiger charge is 2.70. The average molecular weight is 917 g/mol. The van der Waals surface area contributed by atoms with Crippen molar-refractivity contribution in [2.45, 2.75) is 196 Å². The van der Waals surface area contributed by atoms with Gasteiger partial charge in [-0.05, 0) is 74.5 Å². The Kier molecular flexibility index (Phi) is 14.2. The standard InChI is InChI=1S/C45H72O19/c1-18(17-58-40-36(54)33(51)31(49)27(15-46)61-40)8-11-45(57)19(2)30-26(64-45)13-25-23-7-6-21-12-22(9-10-43(21,4)24(23)14-29(48)44(25,30)5)60-41-38(56)35(53)39(20(3)59-41)63-42-37(55)34(52)32(50)28(16-47)62-42/h6,18-20,22-28,30-42,46-47,49-57H,7-17H2,1-5H3/t18-,19+,20-,22+,23?,24?,25?,26?,27-,28-,30?,31-,32-,33+,34+,35-,36-,37-,38-,39+,40-,41+,42+,43+,44-,45?/m1/s1. The minimum absolute atomic E-state index is 0.0714. The molecular weight excluding hydrogens is 844 g/mol. The van der Waals surface area contributed by atoms with Crippen molar-refractivity contribution in [1.82, 2.24) is 0 Å². The number of ketones is 1. The lowest BCUT2D eigenvalue weighted by Crippen LogP contribution is -2.64. The van der Waals surface area contributed by atoms with E-state index in [2.05, 4.69) is 19.9 Å². The zero-order valence-corrected chi connectivity index (χ0v) is 37.3. The zero-order chi connectivity index (χ0) is 46.4. The molecule has 11 N–H and O–H groups in total. The van der Waals surface area contributed by atoms with E-state index < -0.39 is 117 Å². The summed E-state index contributed by atoms with van der Waals surface area (Å²) in [4.78, 5) is 14.6. The largest absolute Gasteiger partial charge is 0.394 e. The van der Waals surface area contributed by atoms with Gasteiger partial charge < -0.3 is 89.3 Å². The zero-order valence-electron chi connectivity index (χ0n) is 37.3. The van der Waals surface area contributed by atoms with Crippen molar-refractivity contribution in [2.24, 2.45) is 46.3 Å². The van der Waals surface area contributed by atoms with E-state index in [-0.39, 0.29) is 65.5 Å². The van der Waals surface area contributed by atoms with Gasteiger partial charge in [0.05, 0.1) is 38.1 Å². The Bertz CT molecular complexity index is 1680. The molecule has 0 aromatic heterocycles. The van der Waals surface area contributed by atoms with Crippen molar-refractivity contribution in [3.8, 4) is 0 Å². The molecule has 4 aliphatic heterocycles. The van der Waals surface area contributed by atoms with Crippen LogP contribution < -0.4 is 0 Å². The molecule has 0 radical (unpaired) electrons. The number of allylic oxidation sites excluding steroid dienone is 1. The van der Waals surface area contributed by atoms with Crippen LogP contribution >= 0.6 is 0 Å². The summed E-state index contributed by atoms with van der Waals surface area (Å²) >= 11 is 0. The average Bonchev–Trinajstić information content (AvgIpc) is 3.71.